The lowest BCUT2D eigenvalue weighted by atomic mass is 10.1. The molecule has 0 spiro atoms. The molecule has 24 heavy (non-hydrogen) atoms. The van der Waals surface area contributed by atoms with Crippen LogP contribution in [-0.2, 0) is 4.79 Å². The van der Waals surface area contributed by atoms with Crippen LogP contribution >= 0.6 is 0 Å². The van der Waals surface area contributed by atoms with Crippen LogP contribution in [0.4, 0.5) is 10.1 Å². The molecule has 0 aliphatic rings. The van der Waals surface area contributed by atoms with Crippen molar-refractivity contribution in [2.24, 2.45) is 0 Å². The summed E-state index contributed by atoms with van der Waals surface area (Å²) in [5.74, 6) is -0.292. The number of carbonyl (C=O) groups excluding carboxylic acids is 1. The summed E-state index contributed by atoms with van der Waals surface area (Å²) in [5.41, 5.74) is 4.07. The third-order valence-electron chi connectivity index (χ3n) is 4.31. The van der Waals surface area contributed by atoms with Crippen molar-refractivity contribution in [1.29, 1.82) is 0 Å². The number of carbonyl (C=O) groups is 1. The van der Waals surface area contributed by atoms with E-state index in [0.29, 0.717) is 6.54 Å². The highest BCUT2D eigenvalue weighted by atomic mass is 19.1. The molecule has 3 nitrogen and oxygen atoms in total. The van der Waals surface area contributed by atoms with Crippen LogP contribution in [-0.4, -0.2) is 23.9 Å². The van der Waals surface area contributed by atoms with Gasteiger partial charge in [0.15, 0.2) is 0 Å². The predicted octanol–water partition coefficient (Wildman–Crippen LogP) is 4.46. The third kappa shape index (κ3) is 4.65. The van der Waals surface area contributed by atoms with E-state index < -0.39 is 0 Å². The number of hydrogen-bond donors (Lipinski definition) is 1. The van der Waals surface area contributed by atoms with Crippen molar-refractivity contribution in [3.05, 3.63) is 65.0 Å². The fourth-order valence-electron chi connectivity index (χ4n) is 2.80. The molecule has 1 amide bonds. The maximum Gasteiger partial charge on any atom is 0.238 e. The first-order valence-corrected chi connectivity index (χ1v) is 8.27. The van der Waals surface area contributed by atoms with Gasteiger partial charge in [0.2, 0.25) is 5.91 Å². The lowest BCUT2D eigenvalue weighted by Crippen LogP contribution is -2.35. The van der Waals surface area contributed by atoms with Crippen molar-refractivity contribution in [3.63, 3.8) is 0 Å². The molecule has 0 radical (unpaired) electrons. The Labute approximate surface area is 143 Å². The van der Waals surface area contributed by atoms with Gasteiger partial charge < -0.3 is 5.32 Å². The van der Waals surface area contributed by atoms with E-state index in [1.807, 2.05) is 45.9 Å². The van der Waals surface area contributed by atoms with Crippen molar-refractivity contribution in [1.82, 2.24) is 4.90 Å². The second-order valence-corrected chi connectivity index (χ2v) is 6.16. The Kier molecular flexibility index (Phi) is 6.10. The zero-order valence-corrected chi connectivity index (χ0v) is 14.8. The van der Waals surface area contributed by atoms with E-state index in [4.69, 9.17) is 0 Å². The van der Waals surface area contributed by atoms with Crippen LogP contribution in [0.1, 0.15) is 36.6 Å². The zero-order valence-electron chi connectivity index (χ0n) is 14.8. The van der Waals surface area contributed by atoms with Crippen LogP contribution in [0.5, 0.6) is 0 Å². The van der Waals surface area contributed by atoms with Crippen LogP contribution in [0.3, 0.4) is 0 Å². The van der Waals surface area contributed by atoms with Crippen LogP contribution in [0.15, 0.2) is 42.5 Å². The van der Waals surface area contributed by atoms with Crippen molar-refractivity contribution < 1.29 is 9.18 Å². The second kappa shape index (κ2) is 8.06. The summed E-state index contributed by atoms with van der Waals surface area (Å²) in [4.78, 5) is 14.5. The summed E-state index contributed by atoms with van der Waals surface area (Å²) in [6.07, 6.45) is 0. The van der Waals surface area contributed by atoms with Gasteiger partial charge in [-0.1, -0.05) is 36.8 Å². The number of anilines is 1. The molecule has 1 atom stereocenters. The summed E-state index contributed by atoms with van der Waals surface area (Å²) in [7, 11) is 0. The molecule has 4 heteroatoms. The van der Waals surface area contributed by atoms with Gasteiger partial charge in [-0.25, -0.2) is 4.39 Å². The molecule has 0 saturated carbocycles. The van der Waals surface area contributed by atoms with Gasteiger partial charge in [-0.2, -0.15) is 0 Å². The highest BCUT2D eigenvalue weighted by Crippen LogP contribution is 2.21. The number of likely N-dealkylation sites (N-methyl/N-ethyl adjacent to an activating group) is 1. The fraction of sp³-hybridized carbons (Fsp3) is 0.350. The Morgan fingerprint density at radius 3 is 2.42 bits per heavy atom. The summed E-state index contributed by atoms with van der Waals surface area (Å²) < 4.78 is 13.1. The molecule has 0 aromatic heterocycles. The van der Waals surface area contributed by atoms with E-state index >= 15 is 0 Å². The van der Waals surface area contributed by atoms with Gasteiger partial charge in [0.05, 0.1) is 6.54 Å². The van der Waals surface area contributed by atoms with E-state index in [2.05, 4.69) is 10.2 Å². The molecule has 1 unspecified atom stereocenters. The smallest absolute Gasteiger partial charge is 0.238 e. The lowest BCUT2D eigenvalue weighted by molar-refractivity contribution is -0.117. The second-order valence-electron chi connectivity index (χ2n) is 6.16. The van der Waals surface area contributed by atoms with E-state index in [1.165, 1.54) is 17.7 Å². The number of hydrogen-bond acceptors (Lipinski definition) is 2. The summed E-state index contributed by atoms with van der Waals surface area (Å²) >= 11 is 0. The van der Waals surface area contributed by atoms with Crippen molar-refractivity contribution in [2.45, 2.75) is 33.7 Å². The van der Waals surface area contributed by atoms with E-state index in [-0.39, 0.29) is 17.8 Å². The van der Waals surface area contributed by atoms with E-state index in [0.717, 1.165) is 23.4 Å². The van der Waals surface area contributed by atoms with Crippen molar-refractivity contribution in [3.8, 4) is 0 Å². The highest BCUT2D eigenvalue weighted by Gasteiger charge is 2.17. The number of rotatable bonds is 6. The minimum Gasteiger partial charge on any atom is -0.325 e. The molecule has 0 aliphatic carbocycles. The third-order valence-corrected chi connectivity index (χ3v) is 4.31. The average molecular weight is 328 g/mol. The number of nitrogens with one attached hydrogen (secondary N) is 1. The molecule has 1 N–H and O–H groups in total. The molecule has 0 fully saturated rings. The molecule has 128 valence electrons. The molecule has 2 aromatic rings. The Hall–Kier alpha value is -2.20. The van der Waals surface area contributed by atoms with E-state index in [9.17, 15) is 9.18 Å². The SMILES string of the molecule is CCN(CC(=O)Nc1ccc(C)cc1C)C(C)c1ccc(F)cc1. The minimum absolute atomic E-state index is 0.0421. The van der Waals surface area contributed by atoms with Crippen LogP contribution in [0.2, 0.25) is 0 Å². The molecule has 2 rings (SSSR count). The normalized spacial score (nSPS) is 12.2. The monoisotopic (exact) mass is 328 g/mol. The van der Waals surface area contributed by atoms with Gasteiger partial charge in [-0.15, -0.1) is 0 Å². The van der Waals surface area contributed by atoms with Gasteiger partial charge in [-0.05, 0) is 56.6 Å². The standard InChI is InChI=1S/C20H25FN2O/c1-5-23(16(4)17-7-9-18(21)10-8-17)13-20(24)22-19-11-6-14(2)12-15(19)3/h6-12,16H,5,13H2,1-4H3,(H,22,24). The fourth-order valence-corrected chi connectivity index (χ4v) is 2.80. The lowest BCUT2D eigenvalue weighted by Gasteiger charge is -2.27. The minimum atomic E-state index is -0.249. The molecule has 0 heterocycles. The number of aryl methyl sites for hydroxylation is 2. The zero-order chi connectivity index (χ0) is 17.7. The van der Waals surface area contributed by atoms with Gasteiger partial charge in [0.1, 0.15) is 5.82 Å². The van der Waals surface area contributed by atoms with Gasteiger partial charge in [0.25, 0.3) is 0 Å². The van der Waals surface area contributed by atoms with Crippen LogP contribution in [0.25, 0.3) is 0 Å². The van der Waals surface area contributed by atoms with Gasteiger partial charge in [-0.3, -0.25) is 9.69 Å². The van der Waals surface area contributed by atoms with Gasteiger partial charge in [0, 0.05) is 11.7 Å². The quantitative estimate of drug-likeness (QED) is 0.849. The molecule has 0 saturated heterocycles. The Bertz CT molecular complexity index is 697. The molecular formula is C20H25FN2O. The topological polar surface area (TPSA) is 32.3 Å². The molecule has 0 bridgehead atoms. The summed E-state index contributed by atoms with van der Waals surface area (Å²) in [6, 6.07) is 12.5. The van der Waals surface area contributed by atoms with Gasteiger partial charge >= 0.3 is 0 Å². The largest absolute Gasteiger partial charge is 0.325 e. The molecular weight excluding hydrogens is 303 g/mol. The first kappa shape index (κ1) is 18.1. The predicted molar refractivity (Wildman–Crippen MR) is 96.6 cm³/mol. The number of halogens is 1. The maximum absolute atomic E-state index is 13.1. The maximum atomic E-state index is 13.1. The number of amides is 1. The summed E-state index contributed by atoms with van der Waals surface area (Å²) in [5, 5.41) is 2.98. The Morgan fingerprint density at radius 1 is 1.17 bits per heavy atom. The average Bonchev–Trinajstić information content (AvgIpc) is 2.55. The van der Waals surface area contributed by atoms with Crippen molar-refractivity contribution in [2.75, 3.05) is 18.4 Å². The van der Waals surface area contributed by atoms with Crippen LogP contribution < -0.4 is 5.32 Å². The number of benzene rings is 2. The van der Waals surface area contributed by atoms with Crippen LogP contribution in [0, 0.1) is 19.7 Å². The molecule has 0 aliphatic heterocycles. The Balaban J connectivity index is 2.03. The first-order valence-electron chi connectivity index (χ1n) is 8.27. The Morgan fingerprint density at radius 2 is 1.83 bits per heavy atom. The van der Waals surface area contributed by atoms with E-state index in [1.54, 1.807) is 12.1 Å². The highest BCUT2D eigenvalue weighted by molar-refractivity contribution is 5.93. The summed E-state index contributed by atoms with van der Waals surface area (Å²) in [6.45, 7) is 9.09. The van der Waals surface area contributed by atoms with Crippen molar-refractivity contribution >= 4 is 11.6 Å². The molecule has 2 aromatic carbocycles. The first-order chi connectivity index (χ1) is 11.4. The number of nitrogens with zero attached hydrogens (tertiary/aromatic N) is 1.